The van der Waals surface area contributed by atoms with Gasteiger partial charge in [-0.05, 0) is 49.1 Å². The maximum atomic E-state index is 12.6. The third-order valence-corrected chi connectivity index (χ3v) is 3.66. The minimum absolute atomic E-state index is 0.121. The molecule has 0 unspecified atom stereocenters. The molecule has 0 aromatic carbocycles. The van der Waals surface area contributed by atoms with E-state index >= 15 is 0 Å². The number of pyridine rings is 1. The summed E-state index contributed by atoms with van der Waals surface area (Å²) in [5.74, 6) is -0.121. The Hall–Kier alpha value is -0.690. The Labute approximate surface area is 139 Å². The minimum Gasteiger partial charge on any atom is -0.383 e. The third-order valence-electron chi connectivity index (χ3n) is 2.92. The number of halogens is 2. The molecule has 0 aliphatic heterocycles. The number of methoxy groups -OCH3 is 1. The van der Waals surface area contributed by atoms with Crippen LogP contribution in [0.5, 0.6) is 0 Å². The molecule has 1 amide bonds. The molecule has 0 fully saturated rings. The molecule has 1 aromatic heterocycles. The third kappa shape index (κ3) is 6.30. The Bertz CT molecular complexity index is 472. The van der Waals surface area contributed by atoms with Crippen molar-refractivity contribution in [2.75, 3.05) is 47.4 Å². The Kier molecular flexibility index (Phi) is 8.18. The lowest BCUT2D eigenvalue weighted by molar-refractivity contribution is 0.0689. The molecular weight excluding hydrogens is 358 g/mol. The Balaban J connectivity index is 2.80. The lowest BCUT2D eigenvalue weighted by Crippen LogP contribution is -2.36. The van der Waals surface area contributed by atoms with Crippen LogP contribution in [0, 0.1) is 0 Å². The molecular formula is C14H21BrClN3O2. The topological polar surface area (TPSA) is 45.7 Å². The van der Waals surface area contributed by atoms with Crippen LogP contribution in [-0.2, 0) is 4.74 Å². The maximum Gasteiger partial charge on any atom is 0.257 e. The van der Waals surface area contributed by atoms with E-state index in [1.807, 2.05) is 14.1 Å². The van der Waals surface area contributed by atoms with E-state index in [9.17, 15) is 4.79 Å². The Morgan fingerprint density at radius 2 is 2.10 bits per heavy atom. The number of carbonyl (C=O) groups excluding carboxylic acids is 1. The largest absolute Gasteiger partial charge is 0.383 e. The van der Waals surface area contributed by atoms with Gasteiger partial charge < -0.3 is 14.5 Å². The first-order valence-electron chi connectivity index (χ1n) is 6.69. The van der Waals surface area contributed by atoms with Crippen molar-refractivity contribution in [1.29, 1.82) is 0 Å². The summed E-state index contributed by atoms with van der Waals surface area (Å²) in [4.78, 5) is 20.5. The average Bonchev–Trinajstić information content (AvgIpc) is 2.44. The van der Waals surface area contributed by atoms with E-state index in [-0.39, 0.29) is 11.1 Å². The maximum absolute atomic E-state index is 12.6. The van der Waals surface area contributed by atoms with Crippen molar-refractivity contribution < 1.29 is 9.53 Å². The van der Waals surface area contributed by atoms with Gasteiger partial charge in [-0.3, -0.25) is 4.79 Å². The minimum atomic E-state index is -0.121. The second kappa shape index (κ2) is 9.35. The molecule has 1 rings (SSSR count). The van der Waals surface area contributed by atoms with E-state index < -0.39 is 0 Å². The van der Waals surface area contributed by atoms with Gasteiger partial charge in [-0.2, -0.15) is 0 Å². The highest BCUT2D eigenvalue weighted by molar-refractivity contribution is 9.10. The van der Waals surface area contributed by atoms with Crippen molar-refractivity contribution in [2.24, 2.45) is 0 Å². The summed E-state index contributed by atoms with van der Waals surface area (Å²) in [5, 5.41) is 0.221. The summed E-state index contributed by atoms with van der Waals surface area (Å²) in [6.07, 6.45) is 2.46. The predicted octanol–water partition coefficient (Wildman–Crippen LogP) is 2.54. The van der Waals surface area contributed by atoms with Crippen LogP contribution in [0.1, 0.15) is 16.8 Å². The molecule has 0 atom stereocenters. The van der Waals surface area contributed by atoms with Gasteiger partial charge in [-0.15, -0.1) is 0 Å². The van der Waals surface area contributed by atoms with E-state index in [0.29, 0.717) is 25.3 Å². The van der Waals surface area contributed by atoms with Gasteiger partial charge in [0.15, 0.2) is 0 Å². The average molecular weight is 379 g/mol. The lowest BCUT2D eigenvalue weighted by Gasteiger charge is -2.23. The van der Waals surface area contributed by atoms with E-state index in [0.717, 1.165) is 17.4 Å². The molecule has 7 heteroatoms. The number of nitrogens with zero attached hydrogens (tertiary/aromatic N) is 3. The number of amides is 1. The summed E-state index contributed by atoms with van der Waals surface area (Å²) in [6.45, 7) is 2.60. The monoisotopic (exact) mass is 377 g/mol. The van der Waals surface area contributed by atoms with Crippen LogP contribution >= 0.6 is 27.5 Å². The number of carbonyl (C=O) groups is 1. The molecule has 1 heterocycles. The van der Waals surface area contributed by atoms with Gasteiger partial charge in [0, 0.05) is 30.9 Å². The Morgan fingerprint density at radius 3 is 2.71 bits per heavy atom. The van der Waals surface area contributed by atoms with E-state index in [1.54, 1.807) is 24.3 Å². The van der Waals surface area contributed by atoms with Crippen LogP contribution in [0.3, 0.4) is 0 Å². The van der Waals surface area contributed by atoms with E-state index in [2.05, 4.69) is 25.8 Å². The fourth-order valence-electron chi connectivity index (χ4n) is 1.84. The van der Waals surface area contributed by atoms with Crippen molar-refractivity contribution in [3.05, 3.63) is 27.5 Å². The van der Waals surface area contributed by atoms with Crippen molar-refractivity contribution in [3.8, 4) is 0 Å². The summed E-state index contributed by atoms with van der Waals surface area (Å²) >= 11 is 9.35. The quantitative estimate of drug-likeness (QED) is 0.652. The SMILES string of the molecule is COCCN(CCCN(C)C)C(=O)c1cc(Br)cnc1Cl. The van der Waals surface area contributed by atoms with Crippen LogP contribution in [0.2, 0.25) is 5.15 Å². The van der Waals surface area contributed by atoms with Crippen molar-refractivity contribution in [2.45, 2.75) is 6.42 Å². The summed E-state index contributed by atoms with van der Waals surface area (Å²) in [6, 6.07) is 1.70. The van der Waals surface area contributed by atoms with Gasteiger partial charge in [0.05, 0.1) is 12.2 Å². The number of ether oxygens (including phenoxy) is 1. The highest BCUT2D eigenvalue weighted by Crippen LogP contribution is 2.20. The van der Waals surface area contributed by atoms with Crippen molar-refractivity contribution >= 4 is 33.4 Å². The van der Waals surface area contributed by atoms with Gasteiger partial charge in [0.2, 0.25) is 0 Å². The number of aromatic nitrogens is 1. The molecule has 118 valence electrons. The van der Waals surface area contributed by atoms with Gasteiger partial charge in [0.25, 0.3) is 5.91 Å². The highest BCUT2D eigenvalue weighted by atomic mass is 79.9. The van der Waals surface area contributed by atoms with Crippen LogP contribution in [-0.4, -0.2) is 68.1 Å². The zero-order chi connectivity index (χ0) is 15.8. The first-order valence-corrected chi connectivity index (χ1v) is 7.86. The Morgan fingerprint density at radius 1 is 1.38 bits per heavy atom. The van der Waals surface area contributed by atoms with Crippen LogP contribution < -0.4 is 0 Å². The van der Waals surface area contributed by atoms with Gasteiger partial charge in [-0.1, -0.05) is 11.6 Å². The molecule has 0 radical (unpaired) electrons. The summed E-state index contributed by atoms with van der Waals surface area (Å²) < 4.78 is 5.81. The standard InChI is InChI=1S/C14H21BrClN3O2/c1-18(2)5-4-6-19(7-8-21-3)14(20)12-9-11(15)10-17-13(12)16/h9-10H,4-8H2,1-3H3. The molecule has 0 N–H and O–H groups in total. The fourth-order valence-corrected chi connectivity index (χ4v) is 2.35. The first kappa shape index (κ1) is 18.4. The fraction of sp³-hybridized carbons (Fsp3) is 0.571. The molecule has 5 nitrogen and oxygen atoms in total. The van der Waals surface area contributed by atoms with Crippen molar-refractivity contribution in [3.63, 3.8) is 0 Å². The van der Waals surface area contributed by atoms with Crippen LogP contribution in [0.4, 0.5) is 0 Å². The summed E-state index contributed by atoms with van der Waals surface area (Å²) in [7, 11) is 5.64. The second-order valence-corrected chi connectivity index (χ2v) is 6.21. The van der Waals surface area contributed by atoms with Crippen LogP contribution in [0.15, 0.2) is 16.7 Å². The van der Waals surface area contributed by atoms with Gasteiger partial charge in [0.1, 0.15) is 5.15 Å². The molecule has 0 spiro atoms. The van der Waals surface area contributed by atoms with Gasteiger partial charge >= 0.3 is 0 Å². The first-order chi connectivity index (χ1) is 9.95. The molecule has 1 aromatic rings. The predicted molar refractivity (Wildman–Crippen MR) is 87.9 cm³/mol. The molecule has 21 heavy (non-hydrogen) atoms. The molecule has 0 aliphatic rings. The molecule has 0 bridgehead atoms. The summed E-state index contributed by atoms with van der Waals surface area (Å²) in [5.41, 5.74) is 0.409. The van der Waals surface area contributed by atoms with E-state index in [4.69, 9.17) is 16.3 Å². The molecule has 0 saturated heterocycles. The van der Waals surface area contributed by atoms with E-state index in [1.165, 1.54) is 0 Å². The smallest absolute Gasteiger partial charge is 0.257 e. The number of hydrogen-bond acceptors (Lipinski definition) is 4. The second-order valence-electron chi connectivity index (χ2n) is 4.93. The number of rotatable bonds is 8. The molecule has 0 aliphatic carbocycles. The highest BCUT2D eigenvalue weighted by Gasteiger charge is 2.19. The van der Waals surface area contributed by atoms with Crippen LogP contribution in [0.25, 0.3) is 0 Å². The molecule has 0 saturated carbocycles. The zero-order valence-corrected chi connectivity index (χ0v) is 14.9. The number of hydrogen-bond donors (Lipinski definition) is 0. The van der Waals surface area contributed by atoms with Gasteiger partial charge in [-0.25, -0.2) is 4.98 Å². The normalized spacial score (nSPS) is 11.0. The zero-order valence-electron chi connectivity index (χ0n) is 12.6. The van der Waals surface area contributed by atoms with Crippen molar-refractivity contribution in [1.82, 2.24) is 14.8 Å². The lowest BCUT2D eigenvalue weighted by atomic mass is 10.2.